The van der Waals surface area contributed by atoms with E-state index in [4.69, 9.17) is 27.6 Å². The van der Waals surface area contributed by atoms with E-state index in [-0.39, 0.29) is 10.9 Å². The van der Waals surface area contributed by atoms with E-state index in [9.17, 15) is 0 Å². The molecule has 0 aliphatic heterocycles. The molecule has 0 aromatic carbocycles. The van der Waals surface area contributed by atoms with Crippen molar-refractivity contribution in [1.29, 1.82) is 0 Å². The molecule has 1 atom stereocenters. The maximum Gasteiger partial charge on any atom is 0.205 e. The van der Waals surface area contributed by atoms with Crippen molar-refractivity contribution in [3.63, 3.8) is 0 Å². The molecule has 0 rings (SSSR count). The van der Waals surface area contributed by atoms with E-state index in [1.54, 1.807) is 0 Å². The maximum absolute atomic E-state index is 6.00. The molecule has 0 bridgehead atoms. The van der Waals surface area contributed by atoms with E-state index in [1.165, 1.54) is 83.5 Å². The molecule has 1 radical (unpaired) electrons. The third-order valence-electron chi connectivity index (χ3n) is 4.26. The monoisotopic (exact) mass is 381 g/mol. The Balaban J connectivity index is 3.29. The van der Waals surface area contributed by atoms with Gasteiger partial charge in [-0.05, 0) is 19.5 Å². The predicted octanol–water partition coefficient (Wildman–Crippen LogP) is 7.91. The lowest BCUT2D eigenvalue weighted by Gasteiger charge is -2.20. The highest BCUT2D eigenvalue weighted by Gasteiger charge is 2.18. The quantitative estimate of drug-likeness (QED) is 0.141. The minimum Gasteiger partial charge on any atom is -0.412 e. The van der Waals surface area contributed by atoms with Gasteiger partial charge >= 0.3 is 0 Å². The number of rotatable bonds is 17. The molecule has 139 valence electrons. The van der Waals surface area contributed by atoms with E-state index < -0.39 is 9.04 Å². The van der Waals surface area contributed by atoms with E-state index in [0.29, 0.717) is 0 Å². The largest absolute Gasteiger partial charge is 0.412 e. The fourth-order valence-electron chi connectivity index (χ4n) is 2.90. The fraction of sp³-hybridized carbons (Fsp3) is 1.00. The predicted molar refractivity (Wildman–Crippen MR) is 108 cm³/mol. The third kappa shape index (κ3) is 17.4. The minimum absolute atomic E-state index is 0.0370. The topological polar surface area (TPSA) is 9.23 Å². The molecule has 0 saturated heterocycles. The molecule has 0 aromatic heterocycles. The smallest absolute Gasteiger partial charge is 0.205 e. The summed E-state index contributed by atoms with van der Waals surface area (Å²) in [7, 11) is -0.714. The van der Waals surface area contributed by atoms with Crippen LogP contribution in [0.2, 0.25) is 13.1 Å². The first-order chi connectivity index (χ1) is 11.1. The van der Waals surface area contributed by atoms with E-state index in [0.717, 1.165) is 6.42 Å². The first-order valence-electron chi connectivity index (χ1n) is 9.82. The van der Waals surface area contributed by atoms with Gasteiger partial charge in [-0.3, -0.25) is 0 Å². The second-order valence-electron chi connectivity index (χ2n) is 6.93. The van der Waals surface area contributed by atoms with Gasteiger partial charge in [-0.25, -0.2) is 0 Å². The van der Waals surface area contributed by atoms with E-state index in [1.807, 2.05) is 0 Å². The van der Waals surface area contributed by atoms with Gasteiger partial charge in [-0.1, -0.05) is 90.4 Å². The van der Waals surface area contributed by atoms with E-state index >= 15 is 0 Å². The summed E-state index contributed by atoms with van der Waals surface area (Å²) in [4.78, 5) is -0.382. The van der Waals surface area contributed by atoms with Gasteiger partial charge < -0.3 is 4.43 Å². The van der Waals surface area contributed by atoms with Crippen molar-refractivity contribution in [2.75, 3.05) is 0 Å². The molecule has 0 fully saturated rings. The standard InChI is InChI=1S/C19H39Cl2OSi/c1-4-5-6-7-8-9-10-11-12-13-14-15-16-17-18(19(20)21)22-23(2)3/h18-19H,4-17H2,1-3H3. The molecule has 0 N–H and O–H groups in total. The van der Waals surface area contributed by atoms with E-state index in [2.05, 4.69) is 20.0 Å². The second kappa shape index (κ2) is 17.6. The third-order valence-corrected chi connectivity index (χ3v) is 5.60. The SMILES string of the molecule is CCCCCCCCCCCCCCCC(O[Si](C)C)C(Cl)Cl. The summed E-state index contributed by atoms with van der Waals surface area (Å²) in [5, 5.41) is 0. The van der Waals surface area contributed by atoms with Crippen LogP contribution in [-0.4, -0.2) is 20.0 Å². The van der Waals surface area contributed by atoms with Crippen molar-refractivity contribution in [2.45, 2.75) is 121 Å². The zero-order valence-corrected chi connectivity index (χ0v) is 18.2. The highest BCUT2D eigenvalue weighted by atomic mass is 35.5. The summed E-state index contributed by atoms with van der Waals surface area (Å²) < 4.78 is 5.86. The molecule has 0 aromatic rings. The van der Waals surface area contributed by atoms with Crippen LogP contribution in [0.1, 0.15) is 96.8 Å². The number of unbranched alkanes of at least 4 members (excludes halogenated alkanes) is 12. The van der Waals surface area contributed by atoms with Crippen molar-refractivity contribution >= 4 is 32.2 Å². The molecule has 0 aliphatic rings. The van der Waals surface area contributed by atoms with Gasteiger partial charge in [-0.15, -0.1) is 23.2 Å². The number of halogens is 2. The van der Waals surface area contributed by atoms with Crippen LogP contribution in [-0.2, 0) is 4.43 Å². The van der Waals surface area contributed by atoms with Gasteiger partial charge in [-0.2, -0.15) is 0 Å². The highest BCUT2D eigenvalue weighted by Crippen LogP contribution is 2.20. The van der Waals surface area contributed by atoms with Gasteiger partial charge in [0.2, 0.25) is 9.04 Å². The lowest BCUT2D eigenvalue weighted by molar-refractivity contribution is 0.203. The van der Waals surface area contributed by atoms with Crippen LogP contribution in [0.3, 0.4) is 0 Å². The van der Waals surface area contributed by atoms with Gasteiger partial charge in [0.15, 0.2) is 0 Å². The minimum atomic E-state index is -0.714. The molecule has 0 spiro atoms. The zero-order valence-electron chi connectivity index (χ0n) is 15.7. The number of hydrogen-bond donors (Lipinski definition) is 0. The first-order valence-corrected chi connectivity index (χ1v) is 13.1. The van der Waals surface area contributed by atoms with Crippen molar-refractivity contribution in [2.24, 2.45) is 0 Å². The first kappa shape index (κ1) is 23.8. The van der Waals surface area contributed by atoms with Crippen molar-refractivity contribution in [3.05, 3.63) is 0 Å². The molecule has 23 heavy (non-hydrogen) atoms. The Hall–Kier alpha value is 0.757. The fourth-order valence-corrected chi connectivity index (χ4v) is 4.29. The molecular formula is C19H39Cl2OSi. The van der Waals surface area contributed by atoms with Crippen LogP contribution in [0.5, 0.6) is 0 Å². The summed E-state index contributed by atoms with van der Waals surface area (Å²) in [6.45, 7) is 6.55. The molecule has 1 unspecified atom stereocenters. The Labute approximate surface area is 157 Å². The summed E-state index contributed by atoms with van der Waals surface area (Å²) in [5.74, 6) is 0. The van der Waals surface area contributed by atoms with Crippen LogP contribution in [0, 0.1) is 0 Å². The highest BCUT2D eigenvalue weighted by molar-refractivity contribution is 6.49. The average Bonchev–Trinajstić information content (AvgIpc) is 2.50. The molecule has 1 nitrogen and oxygen atoms in total. The van der Waals surface area contributed by atoms with Gasteiger partial charge in [0.1, 0.15) is 4.84 Å². The van der Waals surface area contributed by atoms with Crippen LogP contribution >= 0.6 is 23.2 Å². The Bertz CT molecular complexity index is 237. The lowest BCUT2D eigenvalue weighted by atomic mass is 10.0. The Morgan fingerprint density at radius 3 is 1.43 bits per heavy atom. The van der Waals surface area contributed by atoms with Crippen molar-refractivity contribution in [1.82, 2.24) is 0 Å². The molecule has 0 heterocycles. The normalized spacial score (nSPS) is 13.2. The molecule has 0 saturated carbocycles. The summed E-state index contributed by atoms with van der Waals surface area (Å²) >= 11 is 12.0. The molecule has 0 aliphatic carbocycles. The number of hydrogen-bond acceptors (Lipinski definition) is 1. The van der Waals surface area contributed by atoms with Gasteiger partial charge in [0.05, 0.1) is 6.10 Å². The Morgan fingerprint density at radius 2 is 1.09 bits per heavy atom. The molecular weight excluding hydrogens is 343 g/mol. The summed E-state index contributed by atoms with van der Waals surface area (Å²) in [5.41, 5.74) is 0. The lowest BCUT2D eigenvalue weighted by Crippen LogP contribution is -2.26. The Morgan fingerprint density at radius 1 is 0.696 bits per heavy atom. The molecule has 4 heteroatoms. The molecule has 0 amide bonds. The Kier molecular flexibility index (Phi) is 18.2. The van der Waals surface area contributed by atoms with Crippen LogP contribution in [0.25, 0.3) is 0 Å². The summed E-state index contributed by atoms with van der Waals surface area (Å²) in [6.07, 6.45) is 19.0. The summed E-state index contributed by atoms with van der Waals surface area (Å²) in [6, 6.07) is 0. The second-order valence-corrected chi connectivity index (χ2v) is 10.1. The van der Waals surface area contributed by atoms with Crippen molar-refractivity contribution in [3.8, 4) is 0 Å². The van der Waals surface area contributed by atoms with Crippen LogP contribution in [0.4, 0.5) is 0 Å². The maximum atomic E-state index is 6.00. The van der Waals surface area contributed by atoms with Gasteiger partial charge in [0, 0.05) is 0 Å². The van der Waals surface area contributed by atoms with Gasteiger partial charge in [0.25, 0.3) is 0 Å². The number of alkyl halides is 2. The van der Waals surface area contributed by atoms with Crippen molar-refractivity contribution < 1.29 is 4.43 Å². The van der Waals surface area contributed by atoms with Crippen LogP contribution in [0.15, 0.2) is 0 Å². The zero-order chi connectivity index (χ0) is 17.3. The average molecular weight is 383 g/mol. The van der Waals surface area contributed by atoms with Crippen LogP contribution < -0.4 is 0 Å².